The molecule has 0 aromatic rings. The van der Waals surface area contributed by atoms with Crippen LogP contribution in [0.2, 0.25) is 0 Å². The standard InChI is InChI=1S/C51H92O8/c1-7-9-11-13-15-17-19-21-23-25-27-29-31-33-35-37-41(3)39-45-43(5)47(52)56-51(58-49(45)54)57-48(53)44(6)46(50(55)59-51)40-42(4)38-36-34-32-30-28-26-24-22-20-18-16-14-12-10-8-2/h41-46H,7-40H2,1-6H3. The molecule has 0 bridgehead atoms. The van der Waals surface area contributed by atoms with Crippen molar-refractivity contribution in [1.82, 2.24) is 0 Å². The van der Waals surface area contributed by atoms with Crippen molar-refractivity contribution in [2.45, 2.75) is 266 Å². The van der Waals surface area contributed by atoms with Gasteiger partial charge in [0.2, 0.25) is 0 Å². The highest BCUT2D eigenvalue weighted by atomic mass is 17.0. The molecule has 344 valence electrons. The van der Waals surface area contributed by atoms with Crippen LogP contribution in [0.25, 0.3) is 0 Å². The van der Waals surface area contributed by atoms with Gasteiger partial charge < -0.3 is 18.9 Å². The quantitative estimate of drug-likeness (QED) is 0.0454. The molecular weight excluding hydrogens is 741 g/mol. The molecule has 0 aliphatic carbocycles. The second-order valence-electron chi connectivity index (χ2n) is 19.1. The first-order chi connectivity index (χ1) is 28.5. The van der Waals surface area contributed by atoms with E-state index >= 15 is 0 Å². The average molecular weight is 833 g/mol. The molecule has 0 radical (unpaired) electrons. The molecule has 0 aromatic carbocycles. The van der Waals surface area contributed by atoms with Gasteiger partial charge in [-0.25, -0.2) is 0 Å². The molecule has 0 amide bonds. The van der Waals surface area contributed by atoms with Crippen molar-refractivity contribution in [2.24, 2.45) is 35.5 Å². The third-order valence-electron chi connectivity index (χ3n) is 13.4. The minimum atomic E-state index is -2.82. The molecule has 2 rings (SSSR count). The van der Waals surface area contributed by atoms with Gasteiger partial charge in [0.25, 0.3) is 0 Å². The Bertz CT molecular complexity index is 1040. The first kappa shape index (κ1) is 53.0. The zero-order valence-corrected chi connectivity index (χ0v) is 39.3. The molecular formula is C51H92O8. The zero-order valence-electron chi connectivity index (χ0n) is 39.3. The Hall–Kier alpha value is -2.12. The Labute approximate surface area is 362 Å². The van der Waals surface area contributed by atoms with Gasteiger partial charge in [-0.3, -0.25) is 19.2 Å². The minimum Gasteiger partial charge on any atom is -0.352 e. The van der Waals surface area contributed by atoms with Gasteiger partial charge in [-0.05, 0) is 24.7 Å². The summed E-state index contributed by atoms with van der Waals surface area (Å²) in [6.45, 7) is 12.0. The molecule has 2 aliphatic rings. The lowest BCUT2D eigenvalue weighted by molar-refractivity contribution is -0.428. The normalized spacial score (nSPS) is 23.3. The van der Waals surface area contributed by atoms with E-state index in [0.29, 0.717) is 12.8 Å². The van der Waals surface area contributed by atoms with Crippen molar-refractivity contribution >= 4 is 23.9 Å². The topological polar surface area (TPSA) is 105 Å². The monoisotopic (exact) mass is 833 g/mol. The van der Waals surface area contributed by atoms with Gasteiger partial charge in [0.15, 0.2) is 0 Å². The first-order valence-electron chi connectivity index (χ1n) is 25.4. The van der Waals surface area contributed by atoms with Crippen LogP contribution in [0.5, 0.6) is 0 Å². The lowest BCUT2D eigenvalue weighted by Crippen LogP contribution is -2.46. The summed E-state index contributed by atoms with van der Waals surface area (Å²) in [7, 11) is 0. The molecule has 2 heterocycles. The molecule has 0 N–H and O–H groups in total. The van der Waals surface area contributed by atoms with Crippen LogP contribution >= 0.6 is 0 Å². The molecule has 2 fully saturated rings. The maximum Gasteiger partial charge on any atom is 0.619 e. The van der Waals surface area contributed by atoms with E-state index in [0.717, 1.165) is 38.5 Å². The van der Waals surface area contributed by atoms with E-state index in [4.69, 9.17) is 18.9 Å². The predicted molar refractivity (Wildman–Crippen MR) is 239 cm³/mol. The van der Waals surface area contributed by atoms with Crippen molar-refractivity contribution in [3.05, 3.63) is 0 Å². The van der Waals surface area contributed by atoms with Gasteiger partial charge in [-0.15, -0.1) is 0 Å². The van der Waals surface area contributed by atoms with E-state index in [9.17, 15) is 19.2 Å². The van der Waals surface area contributed by atoms with E-state index < -0.39 is 53.7 Å². The van der Waals surface area contributed by atoms with E-state index in [1.807, 2.05) is 0 Å². The zero-order chi connectivity index (χ0) is 43.1. The summed E-state index contributed by atoms with van der Waals surface area (Å²) in [5, 5.41) is 0. The number of carbonyl (C=O) groups is 4. The maximum absolute atomic E-state index is 13.5. The minimum absolute atomic E-state index is 0.175. The number of rotatable bonds is 36. The summed E-state index contributed by atoms with van der Waals surface area (Å²) in [5.74, 6) is -5.99. The molecule has 2 aliphatic heterocycles. The lowest BCUT2D eigenvalue weighted by Gasteiger charge is -2.26. The number of ether oxygens (including phenoxy) is 4. The SMILES string of the molecule is CCCCCCCCCCCCCCCCCC(C)CC1C(=O)OC2(OC(=O)C1C)OC(=O)C(C)C(CC(C)CCCCCCCCCCCCCCCCC)C(=O)O2. The fraction of sp³-hybridized carbons (Fsp3) is 0.922. The number of esters is 4. The van der Waals surface area contributed by atoms with Crippen molar-refractivity contribution in [1.29, 1.82) is 0 Å². The second kappa shape index (κ2) is 32.6. The Morgan fingerprint density at radius 1 is 0.373 bits per heavy atom. The van der Waals surface area contributed by atoms with Crippen molar-refractivity contribution < 1.29 is 38.1 Å². The molecule has 8 nitrogen and oxygen atoms in total. The van der Waals surface area contributed by atoms with Crippen LogP contribution in [0.15, 0.2) is 0 Å². The van der Waals surface area contributed by atoms with E-state index in [1.54, 1.807) is 13.8 Å². The highest BCUT2D eigenvalue weighted by Crippen LogP contribution is 2.38. The van der Waals surface area contributed by atoms with Crippen LogP contribution in [0.4, 0.5) is 0 Å². The highest BCUT2D eigenvalue weighted by molar-refractivity contribution is 5.87. The first-order valence-corrected chi connectivity index (χ1v) is 25.4. The molecule has 0 saturated carbocycles. The largest absolute Gasteiger partial charge is 0.619 e. The highest BCUT2D eigenvalue weighted by Gasteiger charge is 2.59. The fourth-order valence-corrected chi connectivity index (χ4v) is 9.12. The van der Waals surface area contributed by atoms with Crippen LogP contribution < -0.4 is 0 Å². The number of carbonyl (C=O) groups excluding carboxylic acids is 4. The summed E-state index contributed by atoms with van der Waals surface area (Å²) in [6.07, 6.45) is 39.3. The third-order valence-corrected chi connectivity index (χ3v) is 13.4. The van der Waals surface area contributed by atoms with Gasteiger partial charge in [0.05, 0.1) is 23.7 Å². The Morgan fingerprint density at radius 3 is 0.847 bits per heavy atom. The van der Waals surface area contributed by atoms with Gasteiger partial charge in [0.1, 0.15) is 0 Å². The van der Waals surface area contributed by atoms with Crippen molar-refractivity contribution in [2.75, 3.05) is 0 Å². The van der Waals surface area contributed by atoms with Crippen molar-refractivity contribution in [3.63, 3.8) is 0 Å². The molecule has 6 unspecified atom stereocenters. The van der Waals surface area contributed by atoms with Gasteiger partial charge in [-0.1, -0.05) is 247 Å². The molecule has 2 saturated heterocycles. The van der Waals surface area contributed by atoms with Crippen LogP contribution in [0, 0.1) is 35.5 Å². The van der Waals surface area contributed by atoms with Crippen LogP contribution in [0.3, 0.4) is 0 Å². The lowest BCUT2D eigenvalue weighted by atomic mass is 9.84. The molecule has 0 aromatic heterocycles. The summed E-state index contributed by atoms with van der Waals surface area (Å²) >= 11 is 0. The summed E-state index contributed by atoms with van der Waals surface area (Å²) in [4.78, 5) is 53.6. The van der Waals surface area contributed by atoms with Gasteiger partial charge in [-0.2, -0.15) is 0 Å². The second-order valence-corrected chi connectivity index (χ2v) is 19.1. The maximum atomic E-state index is 13.5. The summed E-state index contributed by atoms with van der Waals surface area (Å²) < 4.78 is 22.0. The summed E-state index contributed by atoms with van der Waals surface area (Å²) in [5.41, 5.74) is 0. The average Bonchev–Trinajstić information content (AvgIpc) is 3.34. The molecule has 59 heavy (non-hydrogen) atoms. The van der Waals surface area contributed by atoms with Gasteiger partial charge >= 0.3 is 30.0 Å². The van der Waals surface area contributed by atoms with Crippen molar-refractivity contribution in [3.8, 4) is 0 Å². The Balaban J connectivity index is 1.67. The Morgan fingerprint density at radius 2 is 0.593 bits per heavy atom. The number of unbranched alkanes of at least 4 members (excludes halogenated alkanes) is 28. The number of hydrogen-bond donors (Lipinski definition) is 0. The summed E-state index contributed by atoms with van der Waals surface area (Å²) in [6, 6.07) is 0. The van der Waals surface area contributed by atoms with Crippen LogP contribution in [-0.4, -0.2) is 30.0 Å². The Kier molecular flexibility index (Phi) is 29.3. The molecule has 6 atom stereocenters. The molecule has 8 heteroatoms. The number of hydrogen-bond acceptors (Lipinski definition) is 8. The van der Waals surface area contributed by atoms with Gasteiger partial charge in [0, 0.05) is 0 Å². The predicted octanol–water partition coefficient (Wildman–Crippen LogP) is 14.9. The smallest absolute Gasteiger partial charge is 0.352 e. The van der Waals surface area contributed by atoms with Crippen LogP contribution in [-0.2, 0) is 38.1 Å². The molecule has 1 spiro atoms. The van der Waals surface area contributed by atoms with E-state index in [1.165, 1.54) is 167 Å². The fourth-order valence-electron chi connectivity index (χ4n) is 9.12. The third kappa shape index (κ3) is 23.1. The van der Waals surface area contributed by atoms with Crippen LogP contribution in [0.1, 0.15) is 260 Å². The van der Waals surface area contributed by atoms with E-state index in [-0.39, 0.29) is 11.8 Å². The van der Waals surface area contributed by atoms with E-state index in [2.05, 4.69) is 27.7 Å².